The van der Waals surface area contributed by atoms with Gasteiger partial charge < -0.3 is 20.1 Å². The molecule has 0 spiro atoms. The van der Waals surface area contributed by atoms with Crippen molar-refractivity contribution in [2.45, 2.75) is 65.3 Å². The highest BCUT2D eigenvalue weighted by Crippen LogP contribution is 2.41. The normalized spacial score (nSPS) is 21.1. The summed E-state index contributed by atoms with van der Waals surface area (Å²) in [4.78, 5) is 7.59. The predicted molar refractivity (Wildman–Crippen MR) is 132 cm³/mol. The van der Waals surface area contributed by atoms with Gasteiger partial charge in [0.1, 0.15) is 0 Å². The van der Waals surface area contributed by atoms with Crippen LogP contribution in [0.2, 0.25) is 0 Å². The number of rotatable bonds is 11. The third kappa shape index (κ3) is 9.70. The quantitative estimate of drug-likeness (QED) is 0.246. The summed E-state index contributed by atoms with van der Waals surface area (Å²) in [6.07, 6.45) is 7.54. The van der Waals surface area contributed by atoms with Crippen LogP contribution in [0.1, 0.15) is 59.3 Å². The standard InChI is InChI=1S/C22H44N4O2.HI/c1-5-23-21(25-18-22(10-13-27-4)8-6-7-9-22)24-17-20(16-19(2)3)26-11-14-28-15-12-26;/h19-20H,5-18H2,1-4H3,(H2,23,24,25);1H. The van der Waals surface area contributed by atoms with Crippen molar-refractivity contribution < 1.29 is 9.47 Å². The Hall–Kier alpha value is -0.120. The lowest BCUT2D eigenvalue weighted by molar-refractivity contribution is 0.0132. The number of aliphatic imine (C=N–C) groups is 1. The summed E-state index contributed by atoms with van der Waals surface area (Å²) >= 11 is 0. The molecule has 1 aliphatic carbocycles. The van der Waals surface area contributed by atoms with E-state index in [1.54, 1.807) is 7.11 Å². The highest BCUT2D eigenvalue weighted by atomic mass is 127. The molecule has 2 aliphatic rings. The first-order valence-corrected chi connectivity index (χ1v) is 11.4. The molecule has 1 aliphatic heterocycles. The molecule has 0 radical (unpaired) electrons. The highest BCUT2D eigenvalue weighted by Gasteiger charge is 2.33. The maximum absolute atomic E-state index is 5.55. The van der Waals surface area contributed by atoms with Gasteiger partial charge in [0.05, 0.1) is 13.2 Å². The molecule has 1 atom stereocenters. The lowest BCUT2D eigenvalue weighted by Gasteiger charge is -2.36. The minimum Gasteiger partial charge on any atom is -0.385 e. The van der Waals surface area contributed by atoms with Crippen LogP contribution in [-0.4, -0.2) is 76.6 Å². The molecular weight excluding hydrogens is 479 g/mol. The SMILES string of the molecule is CCNC(=NCC1(CCOC)CCCC1)NCC(CC(C)C)N1CCOCC1.I. The number of guanidine groups is 1. The Morgan fingerprint density at radius 2 is 1.86 bits per heavy atom. The number of halogens is 1. The molecule has 1 saturated heterocycles. The topological polar surface area (TPSA) is 58.1 Å². The van der Waals surface area contributed by atoms with Crippen LogP contribution in [-0.2, 0) is 9.47 Å². The molecule has 2 rings (SSSR count). The summed E-state index contributed by atoms with van der Waals surface area (Å²) < 4.78 is 10.9. The van der Waals surface area contributed by atoms with Gasteiger partial charge in [-0.3, -0.25) is 9.89 Å². The number of methoxy groups -OCH3 is 1. The van der Waals surface area contributed by atoms with Crippen LogP contribution in [0.5, 0.6) is 0 Å². The van der Waals surface area contributed by atoms with E-state index in [2.05, 4.69) is 36.3 Å². The van der Waals surface area contributed by atoms with E-state index < -0.39 is 0 Å². The van der Waals surface area contributed by atoms with Gasteiger partial charge in [-0.25, -0.2) is 0 Å². The maximum atomic E-state index is 5.55. The fourth-order valence-electron chi connectivity index (χ4n) is 4.58. The average molecular weight is 525 g/mol. The molecule has 0 aromatic carbocycles. The second-order valence-electron chi connectivity index (χ2n) is 8.96. The Morgan fingerprint density at radius 3 is 2.45 bits per heavy atom. The van der Waals surface area contributed by atoms with E-state index in [4.69, 9.17) is 14.5 Å². The van der Waals surface area contributed by atoms with Crippen molar-refractivity contribution in [3.05, 3.63) is 0 Å². The molecule has 1 heterocycles. The second-order valence-corrected chi connectivity index (χ2v) is 8.96. The van der Waals surface area contributed by atoms with Crippen LogP contribution < -0.4 is 10.6 Å². The van der Waals surface area contributed by atoms with Crippen LogP contribution in [0, 0.1) is 11.3 Å². The zero-order valence-corrected chi connectivity index (χ0v) is 21.5. The van der Waals surface area contributed by atoms with E-state index in [1.807, 2.05) is 0 Å². The lowest BCUT2D eigenvalue weighted by atomic mass is 9.83. The number of nitrogens with zero attached hydrogens (tertiary/aromatic N) is 2. The highest BCUT2D eigenvalue weighted by molar-refractivity contribution is 14.0. The summed E-state index contributed by atoms with van der Waals surface area (Å²) in [5.74, 6) is 1.65. The van der Waals surface area contributed by atoms with Gasteiger partial charge in [-0.15, -0.1) is 24.0 Å². The van der Waals surface area contributed by atoms with Gasteiger partial charge in [0, 0.05) is 52.5 Å². The van der Waals surface area contributed by atoms with Gasteiger partial charge in [0.25, 0.3) is 0 Å². The minimum absolute atomic E-state index is 0. The Kier molecular flexibility index (Phi) is 13.7. The minimum atomic E-state index is 0. The van der Waals surface area contributed by atoms with Crippen LogP contribution in [0.3, 0.4) is 0 Å². The van der Waals surface area contributed by atoms with Gasteiger partial charge in [-0.1, -0.05) is 26.7 Å². The summed E-state index contributed by atoms with van der Waals surface area (Å²) in [5.41, 5.74) is 0.333. The summed E-state index contributed by atoms with van der Waals surface area (Å²) in [5, 5.41) is 7.10. The van der Waals surface area contributed by atoms with E-state index in [1.165, 1.54) is 32.1 Å². The van der Waals surface area contributed by atoms with Gasteiger partial charge in [0.15, 0.2) is 5.96 Å². The van der Waals surface area contributed by atoms with Crippen molar-refractivity contribution in [2.24, 2.45) is 16.3 Å². The smallest absolute Gasteiger partial charge is 0.191 e. The monoisotopic (exact) mass is 524 g/mol. The largest absolute Gasteiger partial charge is 0.385 e. The molecule has 7 heteroatoms. The fraction of sp³-hybridized carbons (Fsp3) is 0.955. The van der Waals surface area contributed by atoms with Crippen LogP contribution >= 0.6 is 24.0 Å². The number of morpholine rings is 1. The third-order valence-electron chi connectivity index (χ3n) is 6.23. The number of hydrogen-bond acceptors (Lipinski definition) is 4. The van der Waals surface area contributed by atoms with Gasteiger partial charge in [0.2, 0.25) is 0 Å². The summed E-state index contributed by atoms with van der Waals surface area (Å²) in [7, 11) is 1.80. The first-order valence-electron chi connectivity index (χ1n) is 11.4. The van der Waals surface area contributed by atoms with Crippen molar-refractivity contribution in [3.63, 3.8) is 0 Å². The molecule has 0 aromatic heterocycles. The first kappa shape index (κ1) is 26.9. The predicted octanol–water partition coefficient (Wildman–Crippen LogP) is 3.50. The third-order valence-corrected chi connectivity index (χ3v) is 6.23. The molecule has 29 heavy (non-hydrogen) atoms. The summed E-state index contributed by atoms with van der Waals surface area (Å²) in [6, 6.07) is 0.529. The number of nitrogens with one attached hydrogen (secondary N) is 2. The molecule has 2 fully saturated rings. The van der Waals surface area contributed by atoms with Crippen LogP contribution in [0.25, 0.3) is 0 Å². The molecule has 0 bridgehead atoms. The second kappa shape index (κ2) is 14.8. The molecule has 0 amide bonds. The molecule has 0 aromatic rings. The molecule has 2 N–H and O–H groups in total. The van der Waals surface area contributed by atoms with Crippen molar-refractivity contribution in [1.29, 1.82) is 0 Å². The molecule has 6 nitrogen and oxygen atoms in total. The first-order chi connectivity index (χ1) is 13.6. The van der Waals surface area contributed by atoms with E-state index in [0.717, 1.165) is 64.9 Å². The lowest BCUT2D eigenvalue weighted by Crippen LogP contribution is -2.51. The van der Waals surface area contributed by atoms with Gasteiger partial charge >= 0.3 is 0 Å². The van der Waals surface area contributed by atoms with Gasteiger partial charge in [-0.05, 0) is 43.9 Å². The zero-order chi connectivity index (χ0) is 20.2. The Bertz CT molecular complexity index is 450. The van der Waals surface area contributed by atoms with E-state index in [9.17, 15) is 0 Å². The van der Waals surface area contributed by atoms with E-state index >= 15 is 0 Å². The Balaban J connectivity index is 0.00000420. The maximum Gasteiger partial charge on any atom is 0.191 e. The molecule has 172 valence electrons. The number of ether oxygens (including phenoxy) is 2. The number of hydrogen-bond donors (Lipinski definition) is 2. The molecule has 1 unspecified atom stereocenters. The molecule has 1 saturated carbocycles. The van der Waals surface area contributed by atoms with Crippen molar-refractivity contribution in [3.8, 4) is 0 Å². The van der Waals surface area contributed by atoms with Crippen LogP contribution in [0.4, 0.5) is 0 Å². The Morgan fingerprint density at radius 1 is 1.17 bits per heavy atom. The van der Waals surface area contributed by atoms with Crippen molar-refractivity contribution in [2.75, 3.05) is 59.7 Å². The molecular formula is C22H45IN4O2. The fourth-order valence-corrected chi connectivity index (χ4v) is 4.58. The van der Waals surface area contributed by atoms with Crippen molar-refractivity contribution >= 4 is 29.9 Å². The van der Waals surface area contributed by atoms with Crippen molar-refractivity contribution in [1.82, 2.24) is 15.5 Å². The zero-order valence-electron chi connectivity index (χ0n) is 19.2. The van der Waals surface area contributed by atoms with E-state index in [-0.39, 0.29) is 24.0 Å². The van der Waals surface area contributed by atoms with Gasteiger partial charge in [-0.2, -0.15) is 0 Å². The van der Waals surface area contributed by atoms with E-state index in [0.29, 0.717) is 17.4 Å². The Labute approximate surface area is 196 Å². The average Bonchev–Trinajstić information content (AvgIpc) is 3.17. The summed E-state index contributed by atoms with van der Waals surface area (Å²) in [6.45, 7) is 14.1. The van der Waals surface area contributed by atoms with Crippen LogP contribution in [0.15, 0.2) is 4.99 Å².